The van der Waals surface area contributed by atoms with E-state index in [4.69, 9.17) is 9.47 Å². The Morgan fingerprint density at radius 1 is 1.05 bits per heavy atom. The number of allylic oxidation sites excluding steroid dienone is 1. The van der Waals surface area contributed by atoms with Gasteiger partial charge in [0.05, 0.1) is 35.7 Å². The molecule has 190 valence electrons. The van der Waals surface area contributed by atoms with Crippen LogP contribution in [0.2, 0.25) is 0 Å². The number of thiophene rings is 1. The third-order valence-electron chi connectivity index (χ3n) is 6.05. The van der Waals surface area contributed by atoms with E-state index in [0.29, 0.717) is 21.7 Å². The Kier molecular flexibility index (Phi) is 6.65. The van der Waals surface area contributed by atoms with Crippen molar-refractivity contribution in [2.24, 2.45) is 4.99 Å². The predicted molar refractivity (Wildman–Crippen MR) is 139 cm³/mol. The topological polar surface area (TPSA) is 107 Å². The molecule has 5 rings (SSSR count). The van der Waals surface area contributed by atoms with Gasteiger partial charge in [-0.05, 0) is 38.3 Å². The van der Waals surface area contributed by atoms with Crippen molar-refractivity contribution < 1.29 is 23.9 Å². The van der Waals surface area contributed by atoms with Gasteiger partial charge in [-0.3, -0.25) is 23.9 Å². The third-order valence-corrected chi connectivity index (χ3v) is 8.03. The second-order valence-electron chi connectivity index (χ2n) is 8.23. The van der Waals surface area contributed by atoms with E-state index < -0.39 is 29.4 Å². The number of aromatic nitrogens is 1. The minimum atomic E-state index is -0.730. The largest absolute Gasteiger partial charge is 0.465 e. The lowest BCUT2D eigenvalue weighted by Crippen LogP contribution is -2.41. The van der Waals surface area contributed by atoms with Crippen molar-refractivity contribution in [1.29, 1.82) is 0 Å². The van der Waals surface area contributed by atoms with Gasteiger partial charge in [-0.1, -0.05) is 35.6 Å². The van der Waals surface area contributed by atoms with Crippen LogP contribution in [-0.2, 0) is 23.9 Å². The minimum absolute atomic E-state index is 0.183. The molecule has 4 heterocycles. The van der Waals surface area contributed by atoms with E-state index in [1.165, 1.54) is 20.8 Å². The summed E-state index contributed by atoms with van der Waals surface area (Å²) in [5, 5.41) is 1.87. The Hall–Kier alpha value is -3.83. The summed E-state index contributed by atoms with van der Waals surface area (Å²) in [6.45, 7) is 5.23. The van der Waals surface area contributed by atoms with Crippen LogP contribution in [0.4, 0.5) is 5.69 Å². The summed E-state index contributed by atoms with van der Waals surface area (Å²) in [6, 6.07) is 9.99. The summed E-state index contributed by atoms with van der Waals surface area (Å²) in [6.07, 6.45) is 0. The number of hydrogen-bond acceptors (Lipinski definition) is 9. The number of carbonyl (C=O) groups excluding carboxylic acids is 3. The fraction of sp³-hybridized carbons (Fsp3) is 0.269. The molecule has 1 aromatic carbocycles. The zero-order valence-corrected chi connectivity index (χ0v) is 22.0. The van der Waals surface area contributed by atoms with Crippen LogP contribution in [0.5, 0.6) is 0 Å². The highest BCUT2D eigenvalue weighted by molar-refractivity contribution is 7.10. The summed E-state index contributed by atoms with van der Waals surface area (Å²) < 4.78 is 12.0. The smallest absolute Gasteiger partial charge is 0.338 e. The lowest BCUT2D eigenvalue weighted by Gasteiger charge is -2.23. The number of ether oxygens (including phenoxy) is 2. The van der Waals surface area contributed by atoms with E-state index in [1.807, 2.05) is 17.5 Å². The van der Waals surface area contributed by atoms with Gasteiger partial charge >= 0.3 is 11.9 Å². The van der Waals surface area contributed by atoms with Crippen molar-refractivity contribution in [2.75, 3.05) is 24.7 Å². The van der Waals surface area contributed by atoms with E-state index in [0.717, 1.165) is 16.2 Å². The molecule has 1 atom stereocenters. The second-order valence-corrected chi connectivity index (χ2v) is 10.2. The average Bonchev–Trinajstić information content (AvgIpc) is 3.57. The lowest BCUT2D eigenvalue weighted by atomic mass is 10.0. The monoisotopic (exact) mass is 537 g/mol. The predicted octanol–water partition coefficient (Wildman–Crippen LogP) is 2.14. The van der Waals surface area contributed by atoms with Gasteiger partial charge in [0.1, 0.15) is 17.1 Å². The maximum atomic E-state index is 14.0. The molecule has 2 aliphatic heterocycles. The molecule has 0 radical (unpaired) electrons. The first kappa shape index (κ1) is 24.8. The molecule has 0 saturated carbocycles. The van der Waals surface area contributed by atoms with Gasteiger partial charge in [0.15, 0.2) is 4.80 Å². The van der Waals surface area contributed by atoms with Gasteiger partial charge in [0.25, 0.3) is 11.5 Å². The van der Waals surface area contributed by atoms with Crippen LogP contribution in [0.1, 0.15) is 37.3 Å². The number of nitrogens with zero attached hydrogens (tertiary/aromatic N) is 3. The fourth-order valence-electron chi connectivity index (χ4n) is 4.55. The molecule has 9 nitrogen and oxygen atoms in total. The molecular formula is C26H23N3O6S2. The van der Waals surface area contributed by atoms with Crippen LogP contribution in [0, 0.1) is 0 Å². The first-order valence-electron chi connectivity index (χ1n) is 11.7. The van der Waals surface area contributed by atoms with E-state index in [-0.39, 0.29) is 35.4 Å². The highest BCUT2D eigenvalue weighted by Crippen LogP contribution is 2.36. The highest BCUT2D eigenvalue weighted by Gasteiger charge is 2.38. The average molecular weight is 538 g/mol. The number of fused-ring (bicyclic) bond motifs is 2. The summed E-state index contributed by atoms with van der Waals surface area (Å²) in [5.41, 5.74) is 1.59. The van der Waals surface area contributed by atoms with Gasteiger partial charge in [0.2, 0.25) is 0 Å². The summed E-state index contributed by atoms with van der Waals surface area (Å²) >= 11 is 2.50. The standard InChI is InChI=1S/C26H23N3O6S2/c1-4-34-18(30)13-28-16-10-7-6-9-15(16)20(23(28)31)22-24(32)29-21(17-11-8-12-36-17)19(25(33)35-5-2)14(3)27-26(29)37-22/h6-12,21H,4-5,13H2,1-3H3/b22-20+/t21-/m0/s1. The Morgan fingerprint density at radius 3 is 2.51 bits per heavy atom. The molecule has 3 aromatic rings. The van der Waals surface area contributed by atoms with Gasteiger partial charge in [-0.15, -0.1) is 11.3 Å². The molecule has 0 saturated heterocycles. The Labute approximate surface area is 219 Å². The zero-order valence-electron chi connectivity index (χ0n) is 20.3. The van der Waals surface area contributed by atoms with Crippen molar-refractivity contribution in [3.8, 4) is 0 Å². The summed E-state index contributed by atoms with van der Waals surface area (Å²) in [7, 11) is 0. The zero-order chi connectivity index (χ0) is 26.3. The molecule has 0 spiro atoms. The first-order valence-corrected chi connectivity index (χ1v) is 13.4. The molecule has 0 bridgehead atoms. The van der Waals surface area contributed by atoms with Crippen LogP contribution in [0.3, 0.4) is 0 Å². The molecule has 0 fully saturated rings. The number of rotatable bonds is 6. The molecule has 0 unspecified atom stereocenters. The van der Waals surface area contributed by atoms with Crippen molar-refractivity contribution in [1.82, 2.24) is 4.57 Å². The SMILES string of the molecule is CCOC(=O)CN1C(=O)/C(=c2/sc3n(c2=O)[C@@H](c2cccs2)C(C(=O)OCC)=C(C)N=3)c2ccccc21. The van der Waals surface area contributed by atoms with Gasteiger partial charge < -0.3 is 9.47 Å². The first-order chi connectivity index (χ1) is 17.9. The number of thiazole rings is 1. The maximum absolute atomic E-state index is 14.0. The molecule has 11 heteroatoms. The van der Waals surface area contributed by atoms with Crippen LogP contribution in [0.15, 0.2) is 62.8 Å². The summed E-state index contributed by atoms with van der Waals surface area (Å²) in [5.74, 6) is -1.54. The molecule has 0 aliphatic carbocycles. The third kappa shape index (κ3) is 4.13. The quantitative estimate of drug-likeness (QED) is 0.446. The van der Waals surface area contributed by atoms with Gasteiger partial charge in [-0.2, -0.15) is 0 Å². The molecule has 2 aromatic heterocycles. The van der Waals surface area contributed by atoms with E-state index in [1.54, 1.807) is 45.0 Å². The van der Waals surface area contributed by atoms with Crippen molar-refractivity contribution in [3.63, 3.8) is 0 Å². The Bertz CT molecular complexity index is 1630. The maximum Gasteiger partial charge on any atom is 0.338 e. The number of para-hydroxylation sites is 1. The fourth-order valence-corrected chi connectivity index (χ4v) is 6.51. The Morgan fingerprint density at radius 2 is 1.81 bits per heavy atom. The minimum Gasteiger partial charge on any atom is -0.465 e. The van der Waals surface area contributed by atoms with Crippen LogP contribution in [0.25, 0.3) is 5.57 Å². The number of esters is 2. The summed E-state index contributed by atoms with van der Waals surface area (Å²) in [4.78, 5) is 59.9. The number of benzene rings is 1. The molecule has 37 heavy (non-hydrogen) atoms. The molecule has 1 amide bonds. The van der Waals surface area contributed by atoms with Crippen molar-refractivity contribution in [2.45, 2.75) is 26.8 Å². The number of anilines is 1. The molecular weight excluding hydrogens is 514 g/mol. The van der Waals surface area contributed by atoms with E-state index in [9.17, 15) is 19.2 Å². The van der Waals surface area contributed by atoms with Crippen LogP contribution < -0.4 is 19.8 Å². The van der Waals surface area contributed by atoms with Crippen LogP contribution in [-0.4, -0.2) is 42.2 Å². The van der Waals surface area contributed by atoms with Gasteiger partial charge in [0, 0.05) is 10.4 Å². The lowest BCUT2D eigenvalue weighted by molar-refractivity contribution is -0.142. The number of hydrogen-bond donors (Lipinski definition) is 0. The molecule has 0 N–H and O–H groups in total. The van der Waals surface area contributed by atoms with E-state index in [2.05, 4.69) is 4.99 Å². The normalized spacial score (nSPS) is 17.9. The van der Waals surface area contributed by atoms with Crippen molar-refractivity contribution in [3.05, 3.63) is 83.2 Å². The molecule has 2 aliphatic rings. The Balaban J connectivity index is 1.74. The van der Waals surface area contributed by atoms with E-state index >= 15 is 0 Å². The van der Waals surface area contributed by atoms with Gasteiger partial charge in [-0.25, -0.2) is 9.79 Å². The number of carbonyl (C=O) groups is 3. The number of amides is 1. The van der Waals surface area contributed by atoms with Crippen molar-refractivity contribution >= 4 is 51.8 Å². The highest BCUT2D eigenvalue weighted by atomic mass is 32.1. The van der Waals surface area contributed by atoms with Crippen LogP contribution >= 0.6 is 22.7 Å². The second kappa shape index (κ2) is 9.91.